The van der Waals surface area contributed by atoms with Crippen molar-refractivity contribution < 1.29 is 4.79 Å². The van der Waals surface area contributed by atoms with E-state index in [0.717, 1.165) is 30.3 Å². The zero-order chi connectivity index (χ0) is 12.5. The first-order valence-electron chi connectivity index (χ1n) is 6.91. The van der Waals surface area contributed by atoms with Crippen LogP contribution in [0.2, 0.25) is 0 Å². The highest BCUT2D eigenvalue weighted by Crippen LogP contribution is 2.36. The molecule has 0 aromatic heterocycles. The van der Waals surface area contributed by atoms with Gasteiger partial charge in [0.25, 0.3) is 0 Å². The van der Waals surface area contributed by atoms with Crippen LogP contribution < -0.4 is 10.2 Å². The van der Waals surface area contributed by atoms with Crippen LogP contribution in [0.3, 0.4) is 0 Å². The van der Waals surface area contributed by atoms with Gasteiger partial charge in [-0.05, 0) is 44.2 Å². The summed E-state index contributed by atoms with van der Waals surface area (Å²) >= 11 is 0. The lowest BCUT2D eigenvalue weighted by atomic mass is 10.2. The molecule has 2 aliphatic rings. The van der Waals surface area contributed by atoms with Gasteiger partial charge in [-0.3, -0.25) is 4.79 Å². The first-order chi connectivity index (χ1) is 8.75. The summed E-state index contributed by atoms with van der Waals surface area (Å²) in [6.07, 6.45) is 4.33. The standard InChI is InChI=1S/C15H20N2O/c1-11(12-8-9-12)16-13-5-2-3-6-14(13)17-10-4-7-15(17)18/h2-3,5-6,11-12,16H,4,7-10H2,1H3. The number of nitrogens with one attached hydrogen (secondary N) is 1. The van der Waals surface area contributed by atoms with E-state index in [1.807, 2.05) is 23.1 Å². The number of hydrogen-bond donors (Lipinski definition) is 1. The Balaban J connectivity index is 1.82. The van der Waals surface area contributed by atoms with Gasteiger partial charge in [-0.2, -0.15) is 0 Å². The second-order valence-corrected chi connectivity index (χ2v) is 5.44. The van der Waals surface area contributed by atoms with Crippen LogP contribution in [0.1, 0.15) is 32.6 Å². The average Bonchev–Trinajstić information content (AvgIpc) is 3.14. The molecule has 96 valence electrons. The van der Waals surface area contributed by atoms with Gasteiger partial charge in [0.1, 0.15) is 0 Å². The molecule has 3 nitrogen and oxygen atoms in total. The Bertz CT molecular complexity index is 454. The summed E-state index contributed by atoms with van der Waals surface area (Å²) in [4.78, 5) is 13.8. The van der Waals surface area contributed by atoms with E-state index in [1.165, 1.54) is 12.8 Å². The van der Waals surface area contributed by atoms with Gasteiger partial charge in [-0.15, -0.1) is 0 Å². The molecular formula is C15H20N2O. The highest BCUT2D eigenvalue weighted by atomic mass is 16.2. The smallest absolute Gasteiger partial charge is 0.227 e. The van der Waals surface area contributed by atoms with Crippen LogP contribution >= 0.6 is 0 Å². The number of benzene rings is 1. The predicted octanol–water partition coefficient (Wildman–Crippen LogP) is 3.02. The topological polar surface area (TPSA) is 32.3 Å². The number of hydrogen-bond acceptors (Lipinski definition) is 2. The molecule has 2 fully saturated rings. The fourth-order valence-electron chi connectivity index (χ4n) is 2.69. The summed E-state index contributed by atoms with van der Waals surface area (Å²) in [5.41, 5.74) is 2.15. The van der Waals surface area contributed by atoms with E-state index in [-0.39, 0.29) is 5.91 Å². The van der Waals surface area contributed by atoms with Gasteiger partial charge < -0.3 is 10.2 Å². The summed E-state index contributed by atoms with van der Waals surface area (Å²) in [5.74, 6) is 1.07. The maximum Gasteiger partial charge on any atom is 0.227 e. The largest absolute Gasteiger partial charge is 0.381 e. The number of amides is 1. The molecule has 3 rings (SSSR count). The van der Waals surface area contributed by atoms with E-state index in [2.05, 4.69) is 18.3 Å². The molecule has 1 saturated carbocycles. The highest BCUT2D eigenvalue weighted by molar-refractivity contribution is 5.98. The molecule has 1 aromatic carbocycles. The minimum atomic E-state index is 0.253. The van der Waals surface area contributed by atoms with Crippen LogP contribution in [0.4, 0.5) is 11.4 Å². The van der Waals surface area contributed by atoms with Crippen molar-refractivity contribution in [3.05, 3.63) is 24.3 Å². The van der Waals surface area contributed by atoms with Gasteiger partial charge in [-0.25, -0.2) is 0 Å². The van der Waals surface area contributed by atoms with Crippen molar-refractivity contribution in [1.29, 1.82) is 0 Å². The van der Waals surface area contributed by atoms with Crippen LogP contribution in [-0.4, -0.2) is 18.5 Å². The van der Waals surface area contributed by atoms with Crippen molar-refractivity contribution in [3.8, 4) is 0 Å². The van der Waals surface area contributed by atoms with Gasteiger partial charge >= 0.3 is 0 Å². The lowest BCUT2D eigenvalue weighted by Crippen LogP contribution is -2.26. The number of carbonyl (C=O) groups is 1. The first kappa shape index (κ1) is 11.6. The van der Waals surface area contributed by atoms with E-state index in [9.17, 15) is 4.79 Å². The number of rotatable bonds is 4. The summed E-state index contributed by atoms with van der Waals surface area (Å²) in [6, 6.07) is 8.68. The Morgan fingerprint density at radius 3 is 2.78 bits per heavy atom. The van der Waals surface area contributed by atoms with Gasteiger partial charge in [-0.1, -0.05) is 12.1 Å². The Hall–Kier alpha value is -1.51. The fraction of sp³-hybridized carbons (Fsp3) is 0.533. The molecule has 1 aliphatic carbocycles. The summed E-state index contributed by atoms with van der Waals surface area (Å²) in [6.45, 7) is 3.09. The molecule has 3 heteroatoms. The zero-order valence-electron chi connectivity index (χ0n) is 10.9. The van der Waals surface area contributed by atoms with Crippen LogP contribution in [0, 0.1) is 5.92 Å². The maximum absolute atomic E-state index is 11.9. The molecule has 1 heterocycles. The molecule has 18 heavy (non-hydrogen) atoms. The fourth-order valence-corrected chi connectivity index (χ4v) is 2.69. The summed E-state index contributed by atoms with van der Waals surface area (Å²) < 4.78 is 0. The minimum absolute atomic E-state index is 0.253. The van der Waals surface area contributed by atoms with Crippen molar-refractivity contribution >= 4 is 17.3 Å². The van der Waals surface area contributed by atoms with Crippen molar-refractivity contribution in [3.63, 3.8) is 0 Å². The normalized spacial score (nSPS) is 21.2. The molecule has 0 spiro atoms. The van der Waals surface area contributed by atoms with E-state index in [4.69, 9.17) is 0 Å². The molecular weight excluding hydrogens is 224 g/mol. The molecule has 0 bridgehead atoms. The maximum atomic E-state index is 11.9. The predicted molar refractivity (Wildman–Crippen MR) is 73.8 cm³/mol. The average molecular weight is 244 g/mol. The molecule has 0 radical (unpaired) electrons. The van der Waals surface area contributed by atoms with Crippen LogP contribution in [0.25, 0.3) is 0 Å². The summed E-state index contributed by atoms with van der Waals surface area (Å²) in [5, 5.41) is 3.58. The molecule has 1 saturated heterocycles. The van der Waals surface area contributed by atoms with Crippen molar-refractivity contribution in [2.24, 2.45) is 5.92 Å². The Labute approximate surface area is 108 Å². The quantitative estimate of drug-likeness (QED) is 0.883. The molecule has 1 atom stereocenters. The number of anilines is 2. The summed E-state index contributed by atoms with van der Waals surface area (Å²) in [7, 11) is 0. The van der Waals surface area contributed by atoms with Gasteiger partial charge in [0, 0.05) is 19.0 Å². The van der Waals surface area contributed by atoms with Crippen LogP contribution in [-0.2, 0) is 4.79 Å². The lowest BCUT2D eigenvalue weighted by molar-refractivity contribution is -0.117. The highest BCUT2D eigenvalue weighted by Gasteiger charge is 2.29. The second kappa shape index (κ2) is 4.63. The van der Waals surface area contributed by atoms with Gasteiger partial charge in [0.2, 0.25) is 5.91 Å². The van der Waals surface area contributed by atoms with Crippen molar-refractivity contribution in [2.45, 2.75) is 38.6 Å². The van der Waals surface area contributed by atoms with Crippen LogP contribution in [0.5, 0.6) is 0 Å². The first-order valence-corrected chi connectivity index (χ1v) is 6.91. The van der Waals surface area contributed by atoms with Gasteiger partial charge in [0.15, 0.2) is 0 Å². The van der Waals surface area contributed by atoms with E-state index < -0.39 is 0 Å². The minimum Gasteiger partial charge on any atom is -0.381 e. The Kier molecular flexibility index (Phi) is 2.98. The van der Waals surface area contributed by atoms with Gasteiger partial charge in [0.05, 0.1) is 11.4 Å². The third-order valence-corrected chi connectivity index (χ3v) is 3.98. The van der Waals surface area contributed by atoms with Crippen molar-refractivity contribution in [1.82, 2.24) is 0 Å². The monoisotopic (exact) mass is 244 g/mol. The Morgan fingerprint density at radius 2 is 2.11 bits per heavy atom. The lowest BCUT2D eigenvalue weighted by Gasteiger charge is -2.23. The molecule has 1 aliphatic heterocycles. The van der Waals surface area contributed by atoms with Crippen molar-refractivity contribution in [2.75, 3.05) is 16.8 Å². The number of para-hydroxylation sites is 2. The van der Waals surface area contributed by atoms with Crippen LogP contribution in [0.15, 0.2) is 24.3 Å². The van der Waals surface area contributed by atoms with E-state index in [1.54, 1.807) is 0 Å². The molecule has 1 aromatic rings. The third kappa shape index (κ3) is 2.22. The second-order valence-electron chi connectivity index (χ2n) is 5.44. The zero-order valence-corrected chi connectivity index (χ0v) is 10.9. The molecule has 1 N–H and O–H groups in total. The number of nitrogens with zero attached hydrogens (tertiary/aromatic N) is 1. The Morgan fingerprint density at radius 1 is 1.33 bits per heavy atom. The molecule has 1 unspecified atom stereocenters. The van der Waals surface area contributed by atoms with E-state index >= 15 is 0 Å². The number of carbonyl (C=O) groups excluding carboxylic acids is 1. The SMILES string of the molecule is CC(Nc1ccccc1N1CCCC1=O)C1CC1. The van der Waals surface area contributed by atoms with E-state index in [0.29, 0.717) is 12.5 Å². The third-order valence-electron chi connectivity index (χ3n) is 3.98. The molecule has 1 amide bonds.